The van der Waals surface area contributed by atoms with Crippen molar-refractivity contribution >= 4 is 11.1 Å². The Hall–Kier alpha value is -2.27. The largest absolute Gasteiger partial charge is 0.443 e. The van der Waals surface area contributed by atoms with Gasteiger partial charge in [-0.3, -0.25) is 0 Å². The minimum absolute atomic E-state index is 0.0482. The Morgan fingerprint density at radius 3 is 3.00 bits per heavy atom. The zero-order valence-electron chi connectivity index (χ0n) is 10.6. The molecule has 96 valence electrons. The van der Waals surface area contributed by atoms with Crippen molar-refractivity contribution in [1.29, 1.82) is 0 Å². The summed E-state index contributed by atoms with van der Waals surface area (Å²) in [5, 5.41) is 0. The third kappa shape index (κ3) is 2.46. The molecule has 1 aromatic carbocycles. The molecular formula is C14H14N4O. The SMILES string of the molecule is CC(N)Cc1nccc(-c2ccc3ncoc3c2)n1. The van der Waals surface area contributed by atoms with E-state index >= 15 is 0 Å². The second kappa shape index (κ2) is 4.78. The van der Waals surface area contributed by atoms with Gasteiger partial charge < -0.3 is 10.2 Å². The van der Waals surface area contributed by atoms with Crippen molar-refractivity contribution in [2.45, 2.75) is 19.4 Å². The van der Waals surface area contributed by atoms with E-state index in [-0.39, 0.29) is 6.04 Å². The highest BCUT2D eigenvalue weighted by Gasteiger charge is 2.06. The molecule has 5 heteroatoms. The van der Waals surface area contributed by atoms with E-state index in [9.17, 15) is 0 Å². The van der Waals surface area contributed by atoms with Crippen molar-refractivity contribution in [1.82, 2.24) is 15.0 Å². The molecule has 1 unspecified atom stereocenters. The molecule has 0 aliphatic heterocycles. The number of hydrogen-bond acceptors (Lipinski definition) is 5. The Bertz CT molecular complexity index is 705. The predicted octanol–water partition coefficient (Wildman–Crippen LogP) is 2.17. The minimum Gasteiger partial charge on any atom is -0.443 e. The first-order chi connectivity index (χ1) is 9.22. The zero-order chi connectivity index (χ0) is 13.2. The number of oxazole rings is 1. The molecule has 0 fully saturated rings. The summed E-state index contributed by atoms with van der Waals surface area (Å²) in [4.78, 5) is 12.8. The van der Waals surface area contributed by atoms with Crippen LogP contribution in [-0.2, 0) is 6.42 Å². The summed E-state index contributed by atoms with van der Waals surface area (Å²) in [6.07, 6.45) is 3.86. The van der Waals surface area contributed by atoms with Crippen LogP contribution in [0, 0.1) is 0 Å². The average molecular weight is 254 g/mol. The number of fused-ring (bicyclic) bond motifs is 1. The lowest BCUT2D eigenvalue weighted by Crippen LogP contribution is -2.19. The molecule has 0 spiro atoms. The standard InChI is InChI=1S/C14H14N4O/c1-9(15)6-14-16-5-4-11(18-14)10-2-3-12-13(7-10)19-8-17-12/h2-5,7-9H,6,15H2,1H3. The molecule has 1 atom stereocenters. The summed E-state index contributed by atoms with van der Waals surface area (Å²) < 4.78 is 5.30. The van der Waals surface area contributed by atoms with Crippen LogP contribution in [0.5, 0.6) is 0 Å². The Morgan fingerprint density at radius 1 is 1.26 bits per heavy atom. The van der Waals surface area contributed by atoms with E-state index in [0.29, 0.717) is 6.42 Å². The summed E-state index contributed by atoms with van der Waals surface area (Å²) >= 11 is 0. The van der Waals surface area contributed by atoms with E-state index in [1.54, 1.807) is 6.20 Å². The maximum absolute atomic E-state index is 5.77. The second-order valence-electron chi connectivity index (χ2n) is 4.57. The lowest BCUT2D eigenvalue weighted by molar-refractivity contribution is 0.602. The van der Waals surface area contributed by atoms with Gasteiger partial charge in [-0.15, -0.1) is 0 Å². The maximum atomic E-state index is 5.77. The second-order valence-corrected chi connectivity index (χ2v) is 4.57. The van der Waals surface area contributed by atoms with Crippen molar-refractivity contribution < 1.29 is 4.42 Å². The van der Waals surface area contributed by atoms with Crippen molar-refractivity contribution in [3.8, 4) is 11.3 Å². The highest BCUT2D eigenvalue weighted by molar-refractivity contribution is 5.78. The molecule has 3 rings (SSSR count). The normalized spacial score (nSPS) is 12.7. The minimum atomic E-state index is 0.0482. The molecule has 0 amide bonds. The van der Waals surface area contributed by atoms with Gasteiger partial charge >= 0.3 is 0 Å². The van der Waals surface area contributed by atoms with Gasteiger partial charge in [0.2, 0.25) is 0 Å². The van der Waals surface area contributed by atoms with Crippen molar-refractivity contribution in [3.05, 3.63) is 42.7 Å². The van der Waals surface area contributed by atoms with E-state index in [2.05, 4.69) is 15.0 Å². The molecule has 2 aromatic heterocycles. The molecule has 19 heavy (non-hydrogen) atoms. The van der Waals surface area contributed by atoms with Crippen LogP contribution in [-0.4, -0.2) is 21.0 Å². The summed E-state index contributed by atoms with van der Waals surface area (Å²) in [6.45, 7) is 1.94. The summed E-state index contributed by atoms with van der Waals surface area (Å²) in [5.74, 6) is 0.755. The molecule has 0 aliphatic carbocycles. The molecule has 3 aromatic rings. The van der Waals surface area contributed by atoms with E-state index < -0.39 is 0 Å². The number of hydrogen-bond donors (Lipinski definition) is 1. The fourth-order valence-corrected chi connectivity index (χ4v) is 1.96. The molecule has 2 heterocycles. The van der Waals surface area contributed by atoms with Gasteiger partial charge in [0.05, 0.1) is 5.69 Å². The smallest absolute Gasteiger partial charge is 0.181 e. The quantitative estimate of drug-likeness (QED) is 0.775. The number of benzene rings is 1. The number of rotatable bonds is 3. The molecule has 5 nitrogen and oxygen atoms in total. The zero-order valence-corrected chi connectivity index (χ0v) is 10.6. The van der Waals surface area contributed by atoms with Crippen LogP contribution in [0.4, 0.5) is 0 Å². The fraction of sp³-hybridized carbons (Fsp3) is 0.214. The van der Waals surface area contributed by atoms with Gasteiger partial charge in [-0.05, 0) is 25.1 Å². The first-order valence-electron chi connectivity index (χ1n) is 6.13. The Kier molecular flexibility index (Phi) is 2.97. The molecule has 2 N–H and O–H groups in total. The van der Waals surface area contributed by atoms with E-state index in [4.69, 9.17) is 10.2 Å². The van der Waals surface area contributed by atoms with E-state index in [1.807, 2.05) is 31.2 Å². The van der Waals surface area contributed by atoms with Crippen molar-refractivity contribution in [2.75, 3.05) is 0 Å². The molecule has 0 radical (unpaired) electrons. The van der Waals surface area contributed by atoms with Gasteiger partial charge in [-0.2, -0.15) is 0 Å². The topological polar surface area (TPSA) is 77.8 Å². The lowest BCUT2D eigenvalue weighted by Gasteiger charge is -2.06. The lowest BCUT2D eigenvalue weighted by atomic mass is 10.1. The van der Waals surface area contributed by atoms with E-state index in [0.717, 1.165) is 28.2 Å². The van der Waals surface area contributed by atoms with Gasteiger partial charge in [0, 0.05) is 24.2 Å². The third-order valence-electron chi connectivity index (χ3n) is 2.84. The summed E-state index contributed by atoms with van der Waals surface area (Å²) in [5.41, 5.74) is 9.21. The van der Waals surface area contributed by atoms with Gasteiger partial charge in [0.15, 0.2) is 12.0 Å². The van der Waals surface area contributed by atoms with Crippen LogP contribution in [0.15, 0.2) is 41.3 Å². The monoisotopic (exact) mass is 254 g/mol. The molecule has 0 aliphatic rings. The molecular weight excluding hydrogens is 240 g/mol. The highest BCUT2D eigenvalue weighted by Crippen LogP contribution is 2.22. The maximum Gasteiger partial charge on any atom is 0.181 e. The van der Waals surface area contributed by atoms with Gasteiger partial charge in [-0.1, -0.05) is 6.07 Å². The molecule has 0 saturated carbocycles. The van der Waals surface area contributed by atoms with Crippen LogP contribution in [0.3, 0.4) is 0 Å². The number of aromatic nitrogens is 3. The summed E-state index contributed by atoms with van der Waals surface area (Å²) in [7, 11) is 0. The third-order valence-corrected chi connectivity index (χ3v) is 2.84. The number of nitrogens with two attached hydrogens (primary N) is 1. The Morgan fingerprint density at radius 2 is 2.16 bits per heavy atom. The van der Waals surface area contributed by atoms with Crippen molar-refractivity contribution in [2.24, 2.45) is 5.73 Å². The van der Waals surface area contributed by atoms with Crippen LogP contribution in [0.1, 0.15) is 12.7 Å². The predicted molar refractivity (Wildman–Crippen MR) is 72.4 cm³/mol. The Balaban J connectivity index is 2.00. The van der Waals surface area contributed by atoms with Gasteiger partial charge in [-0.25, -0.2) is 15.0 Å². The highest BCUT2D eigenvalue weighted by atomic mass is 16.3. The van der Waals surface area contributed by atoms with Crippen LogP contribution >= 0.6 is 0 Å². The molecule has 0 bridgehead atoms. The van der Waals surface area contributed by atoms with Crippen LogP contribution in [0.2, 0.25) is 0 Å². The van der Waals surface area contributed by atoms with Crippen LogP contribution < -0.4 is 5.73 Å². The van der Waals surface area contributed by atoms with E-state index in [1.165, 1.54) is 6.39 Å². The van der Waals surface area contributed by atoms with Crippen LogP contribution in [0.25, 0.3) is 22.4 Å². The first-order valence-corrected chi connectivity index (χ1v) is 6.13. The van der Waals surface area contributed by atoms with Crippen molar-refractivity contribution in [3.63, 3.8) is 0 Å². The number of nitrogens with zero attached hydrogens (tertiary/aromatic N) is 3. The Labute approximate surface area is 110 Å². The van der Waals surface area contributed by atoms with Gasteiger partial charge in [0.25, 0.3) is 0 Å². The van der Waals surface area contributed by atoms with Gasteiger partial charge in [0.1, 0.15) is 11.3 Å². The molecule has 0 saturated heterocycles. The fourth-order valence-electron chi connectivity index (χ4n) is 1.96. The summed E-state index contributed by atoms with van der Waals surface area (Å²) in [6, 6.07) is 7.75. The average Bonchev–Trinajstić information content (AvgIpc) is 2.85. The first kappa shape index (κ1) is 11.8.